The molecule has 0 heterocycles. The first-order chi connectivity index (χ1) is 9.45. The topological polar surface area (TPSA) is 44.8 Å². The van der Waals surface area contributed by atoms with E-state index >= 15 is 0 Å². The summed E-state index contributed by atoms with van der Waals surface area (Å²) in [5.74, 6) is 2.19. The number of hydrogen-bond acceptors (Lipinski definition) is 4. The van der Waals surface area contributed by atoms with Gasteiger partial charge in [0.1, 0.15) is 6.79 Å². The third kappa shape index (κ3) is 15.2. The molecule has 0 aromatic heterocycles. The summed E-state index contributed by atoms with van der Waals surface area (Å²) in [6, 6.07) is 1.16. The molecular formula is C15H28O4Si. The number of esters is 1. The molecule has 0 aromatic carbocycles. The van der Waals surface area contributed by atoms with Gasteiger partial charge < -0.3 is 14.2 Å². The van der Waals surface area contributed by atoms with Crippen LogP contribution in [0.25, 0.3) is 0 Å². The highest BCUT2D eigenvalue weighted by molar-refractivity contribution is 6.76. The van der Waals surface area contributed by atoms with Crippen LogP contribution in [0.3, 0.4) is 0 Å². The summed E-state index contributed by atoms with van der Waals surface area (Å²) in [4.78, 5) is 11.1. The van der Waals surface area contributed by atoms with Crippen molar-refractivity contribution in [1.82, 2.24) is 0 Å². The molecule has 0 amide bonds. The van der Waals surface area contributed by atoms with E-state index < -0.39 is 8.07 Å². The summed E-state index contributed by atoms with van der Waals surface area (Å²) >= 11 is 0. The van der Waals surface area contributed by atoms with Crippen molar-refractivity contribution in [1.29, 1.82) is 0 Å². The molecule has 0 fully saturated rings. The Bertz CT molecular complexity index is 291. The lowest BCUT2D eigenvalue weighted by atomic mass is 10.3. The summed E-state index contributed by atoms with van der Waals surface area (Å²) in [7, 11) is -1.01. The van der Waals surface area contributed by atoms with Crippen LogP contribution >= 0.6 is 0 Å². The Labute approximate surface area is 124 Å². The first-order valence-electron chi connectivity index (χ1n) is 7.20. The normalized spacial score (nSPS) is 11.1. The van der Waals surface area contributed by atoms with Crippen LogP contribution in [0.5, 0.6) is 0 Å². The first kappa shape index (κ1) is 19.2. The first-order valence-corrected chi connectivity index (χ1v) is 10.9. The van der Waals surface area contributed by atoms with Crippen LogP contribution in [0.15, 0.2) is 0 Å². The van der Waals surface area contributed by atoms with Crippen molar-refractivity contribution in [3.8, 4) is 12.3 Å². The Kier molecular flexibility index (Phi) is 11.5. The second-order valence-electron chi connectivity index (χ2n) is 5.88. The molecule has 0 saturated carbocycles. The van der Waals surface area contributed by atoms with Gasteiger partial charge in [0.2, 0.25) is 0 Å². The summed E-state index contributed by atoms with van der Waals surface area (Å²) < 4.78 is 15.8. The van der Waals surface area contributed by atoms with Crippen molar-refractivity contribution in [3.05, 3.63) is 0 Å². The SMILES string of the molecule is C#CCCC(=O)OCCCCOCOCC[Si](C)(C)C. The van der Waals surface area contributed by atoms with Gasteiger partial charge >= 0.3 is 5.97 Å². The Hall–Kier alpha value is -0.833. The third-order valence-electron chi connectivity index (χ3n) is 2.58. The molecule has 5 heteroatoms. The minimum atomic E-state index is -1.01. The zero-order valence-corrected chi connectivity index (χ0v) is 14.1. The average molecular weight is 300 g/mol. The third-order valence-corrected chi connectivity index (χ3v) is 4.29. The molecule has 0 saturated heterocycles. The summed E-state index contributed by atoms with van der Waals surface area (Å²) in [5.41, 5.74) is 0. The fraction of sp³-hybridized carbons (Fsp3) is 0.800. The van der Waals surface area contributed by atoms with Crippen LogP contribution < -0.4 is 0 Å². The van der Waals surface area contributed by atoms with Gasteiger partial charge in [-0.25, -0.2) is 0 Å². The van der Waals surface area contributed by atoms with Crippen molar-refractivity contribution in [2.45, 2.75) is 51.4 Å². The Morgan fingerprint density at radius 3 is 2.40 bits per heavy atom. The molecule has 0 aliphatic carbocycles. The zero-order valence-electron chi connectivity index (χ0n) is 13.1. The van der Waals surface area contributed by atoms with E-state index in [4.69, 9.17) is 20.6 Å². The molecule has 0 aliphatic heterocycles. The maximum atomic E-state index is 11.1. The Balaban J connectivity index is 3.18. The molecular weight excluding hydrogens is 272 g/mol. The summed E-state index contributed by atoms with van der Waals surface area (Å²) in [6.07, 6.45) is 7.47. The number of carbonyl (C=O) groups excluding carboxylic acids is 1. The Morgan fingerprint density at radius 1 is 1.10 bits per heavy atom. The number of unbranched alkanes of at least 4 members (excludes halogenated alkanes) is 1. The molecule has 0 atom stereocenters. The number of rotatable bonds is 12. The fourth-order valence-electron chi connectivity index (χ4n) is 1.29. The molecule has 20 heavy (non-hydrogen) atoms. The molecule has 0 N–H and O–H groups in total. The maximum Gasteiger partial charge on any atom is 0.306 e. The lowest BCUT2D eigenvalue weighted by molar-refractivity contribution is -0.143. The van der Waals surface area contributed by atoms with Gasteiger partial charge in [0.15, 0.2) is 0 Å². The molecule has 4 nitrogen and oxygen atoms in total. The number of carbonyl (C=O) groups is 1. The monoisotopic (exact) mass is 300 g/mol. The highest BCUT2D eigenvalue weighted by Gasteiger charge is 2.11. The van der Waals surface area contributed by atoms with Crippen LogP contribution in [-0.4, -0.2) is 40.7 Å². The van der Waals surface area contributed by atoms with E-state index in [9.17, 15) is 4.79 Å². The predicted octanol–water partition coefficient (Wildman–Crippen LogP) is 3.05. The average Bonchev–Trinajstić information content (AvgIpc) is 2.37. The van der Waals surface area contributed by atoms with Crippen molar-refractivity contribution < 1.29 is 19.0 Å². The molecule has 0 rings (SSSR count). The molecule has 0 aromatic rings. The van der Waals surface area contributed by atoms with Crippen LogP contribution in [0.4, 0.5) is 0 Å². The van der Waals surface area contributed by atoms with E-state index in [0.29, 0.717) is 32.8 Å². The van der Waals surface area contributed by atoms with Gasteiger partial charge in [-0.3, -0.25) is 4.79 Å². The van der Waals surface area contributed by atoms with E-state index in [0.717, 1.165) is 25.5 Å². The van der Waals surface area contributed by atoms with Gasteiger partial charge in [-0.15, -0.1) is 12.3 Å². The van der Waals surface area contributed by atoms with Crippen molar-refractivity contribution in [3.63, 3.8) is 0 Å². The van der Waals surface area contributed by atoms with Crippen molar-refractivity contribution >= 4 is 14.0 Å². The van der Waals surface area contributed by atoms with Gasteiger partial charge in [-0.05, 0) is 18.9 Å². The number of ether oxygens (including phenoxy) is 3. The fourth-order valence-corrected chi connectivity index (χ4v) is 2.05. The van der Waals surface area contributed by atoms with E-state index in [1.165, 1.54) is 0 Å². The van der Waals surface area contributed by atoms with E-state index in [1.807, 2.05) is 0 Å². The van der Waals surface area contributed by atoms with Gasteiger partial charge in [0, 0.05) is 27.7 Å². The molecule has 0 bridgehead atoms. The van der Waals surface area contributed by atoms with Crippen molar-refractivity contribution in [2.24, 2.45) is 0 Å². The van der Waals surface area contributed by atoms with Gasteiger partial charge in [0.25, 0.3) is 0 Å². The quantitative estimate of drug-likeness (QED) is 0.183. The van der Waals surface area contributed by atoms with E-state index in [2.05, 4.69) is 25.6 Å². The highest BCUT2D eigenvalue weighted by Crippen LogP contribution is 2.07. The maximum absolute atomic E-state index is 11.1. The molecule has 116 valence electrons. The predicted molar refractivity (Wildman–Crippen MR) is 83.2 cm³/mol. The second-order valence-corrected chi connectivity index (χ2v) is 11.5. The van der Waals surface area contributed by atoms with Gasteiger partial charge in [-0.1, -0.05) is 19.6 Å². The summed E-state index contributed by atoms with van der Waals surface area (Å²) in [5, 5.41) is 0. The van der Waals surface area contributed by atoms with E-state index in [-0.39, 0.29) is 5.97 Å². The second kappa shape index (κ2) is 11.9. The highest BCUT2D eigenvalue weighted by atomic mass is 28.3. The van der Waals surface area contributed by atoms with E-state index in [1.54, 1.807) is 0 Å². The number of terminal acetylenes is 1. The van der Waals surface area contributed by atoms with Crippen LogP contribution in [-0.2, 0) is 19.0 Å². The molecule has 0 unspecified atom stereocenters. The van der Waals surface area contributed by atoms with Crippen LogP contribution in [0, 0.1) is 12.3 Å². The van der Waals surface area contributed by atoms with Crippen molar-refractivity contribution in [2.75, 3.05) is 26.6 Å². The Morgan fingerprint density at radius 2 is 1.75 bits per heavy atom. The standard InChI is InChI=1S/C15H28O4Si/c1-5-6-9-15(16)19-11-8-7-10-17-14-18-12-13-20(2,3)4/h1H,6-14H2,2-4H3. The lowest BCUT2D eigenvalue weighted by Crippen LogP contribution is -2.22. The smallest absolute Gasteiger partial charge is 0.306 e. The minimum Gasteiger partial charge on any atom is -0.466 e. The number of hydrogen-bond donors (Lipinski definition) is 0. The lowest BCUT2D eigenvalue weighted by Gasteiger charge is -2.15. The molecule has 0 aliphatic rings. The minimum absolute atomic E-state index is 0.224. The van der Waals surface area contributed by atoms with Gasteiger partial charge in [0.05, 0.1) is 13.0 Å². The zero-order chi connectivity index (χ0) is 15.3. The van der Waals surface area contributed by atoms with Gasteiger partial charge in [-0.2, -0.15) is 0 Å². The van der Waals surface area contributed by atoms with Crippen LogP contribution in [0.2, 0.25) is 25.7 Å². The largest absolute Gasteiger partial charge is 0.466 e. The summed E-state index contributed by atoms with van der Waals surface area (Å²) in [6.45, 7) is 9.17. The molecule has 0 radical (unpaired) electrons. The molecule has 0 spiro atoms. The van der Waals surface area contributed by atoms with Crippen LogP contribution in [0.1, 0.15) is 25.7 Å².